The summed E-state index contributed by atoms with van der Waals surface area (Å²) in [5.41, 5.74) is 6.45. The number of carbonyl (C=O) groups is 1. The summed E-state index contributed by atoms with van der Waals surface area (Å²) in [4.78, 5) is 11.0. The third kappa shape index (κ3) is 1.30. The highest BCUT2D eigenvalue weighted by molar-refractivity contribution is 9.10. The predicted octanol–water partition coefficient (Wildman–Crippen LogP) is 2.15. The molecule has 0 saturated heterocycles. The van der Waals surface area contributed by atoms with Gasteiger partial charge in [-0.3, -0.25) is 4.79 Å². The normalized spacial score (nSPS) is 17.8. The van der Waals surface area contributed by atoms with Crippen LogP contribution in [0.5, 0.6) is 0 Å². The first-order chi connectivity index (χ1) is 6.56. The molecule has 0 unspecified atom stereocenters. The van der Waals surface area contributed by atoms with Gasteiger partial charge in [0.25, 0.3) is 0 Å². The number of hydrogen-bond donors (Lipinski definition) is 2. The van der Waals surface area contributed by atoms with Gasteiger partial charge < -0.3 is 10.8 Å². The van der Waals surface area contributed by atoms with Crippen molar-refractivity contribution in [1.29, 1.82) is 0 Å². The lowest BCUT2D eigenvalue weighted by molar-refractivity contribution is -0.140. The van der Waals surface area contributed by atoms with Crippen molar-refractivity contribution in [2.75, 3.05) is 5.73 Å². The first kappa shape index (κ1) is 9.52. The maximum atomic E-state index is 11.0. The van der Waals surface area contributed by atoms with Crippen LogP contribution in [0.4, 0.5) is 5.69 Å². The Kier molecular flexibility index (Phi) is 2.03. The van der Waals surface area contributed by atoms with Crippen molar-refractivity contribution in [2.24, 2.45) is 0 Å². The summed E-state index contributed by atoms with van der Waals surface area (Å²) in [6, 6.07) is 5.36. The van der Waals surface area contributed by atoms with E-state index in [-0.39, 0.29) is 0 Å². The minimum absolute atomic E-state index is 0.593. The highest BCUT2D eigenvalue weighted by atomic mass is 79.9. The van der Waals surface area contributed by atoms with Gasteiger partial charge in [-0.25, -0.2) is 0 Å². The molecule has 0 amide bonds. The fourth-order valence-corrected chi connectivity index (χ4v) is 1.84. The number of hydrogen-bond acceptors (Lipinski definition) is 2. The Hall–Kier alpha value is -1.03. The Morgan fingerprint density at radius 3 is 2.57 bits per heavy atom. The second kappa shape index (κ2) is 2.98. The van der Waals surface area contributed by atoms with Gasteiger partial charge in [-0.15, -0.1) is 0 Å². The topological polar surface area (TPSA) is 63.3 Å². The van der Waals surface area contributed by atoms with E-state index in [4.69, 9.17) is 10.8 Å². The fraction of sp³-hybridized carbons (Fsp3) is 0.300. The number of nitrogen functional groups attached to an aromatic ring is 1. The number of anilines is 1. The lowest BCUT2D eigenvalue weighted by Crippen LogP contribution is -2.19. The van der Waals surface area contributed by atoms with Crippen molar-refractivity contribution in [3.63, 3.8) is 0 Å². The quantitative estimate of drug-likeness (QED) is 0.797. The summed E-state index contributed by atoms with van der Waals surface area (Å²) < 4.78 is 0.808. The third-order valence-electron chi connectivity index (χ3n) is 2.71. The lowest BCUT2D eigenvalue weighted by atomic mass is 9.96. The van der Waals surface area contributed by atoms with Crippen LogP contribution in [-0.2, 0) is 10.2 Å². The molecule has 4 heteroatoms. The zero-order chi connectivity index (χ0) is 10.3. The van der Waals surface area contributed by atoms with Gasteiger partial charge in [0.1, 0.15) is 0 Å². The molecule has 1 aromatic carbocycles. The minimum atomic E-state index is -0.751. The molecule has 74 valence electrons. The monoisotopic (exact) mass is 255 g/mol. The number of halogens is 1. The van der Waals surface area contributed by atoms with Crippen LogP contribution in [0.3, 0.4) is 0 Å². The van der Waals surface area contributed by atoms with Gasteiger partial charge in [0, 0.05) is 10.2 Å². The second-order valence-electron chi connectivity index (χ2n) is 3.62. The molecule has 1 fully saturated rings. The van der Waals surface area contributed by atoms with E-state index >= 15 is 0 Å². The van der Waals surface area contributed by atoms with Gasteiger partial charge >= 0.3 is 5.97 Å². The molecule has 1 aliphatic carbocycles. The van der Waals surface area contributed by atoms with Crippen LogP contribution < -0.4 is 5.73 Å². The molecule has 1 saturated carbocycles. The van der Waals surface area contributed by atoms with Crippen molar-refractivity contribution in [3.05, 3.63) is 28.2 Å². The lowest BCUT2D eigenvalue weighted by Gasteiger charge is -2.11. The summed E-state index contributed by atoms with van der Waals surface area (Å²) in [5, 5.41) is 9.06. The van der Waals surface area contributed by atoms with Crippen molar-refractivity contribution in [1.82, 2.24) is 0 Å². The second-order valence-corrected chi connectivity index (χ2v) is 4.48. The van der Waals surface area contributed by atoms with Crippen LogP contribution in [0, 0.1) is 0 Å². The van der Waals surface area contributed by atoms with Crippen molar-refractivity contribution >= 4 is 27.6 Å². The van der Waals surface area contributed by atoms with Crippen molar-refractivity contribution in [2.45, 2.75) is 18.3 Å². The van der Waals surface area contributed by atoms with E-state index in [9.17, 15) is 4.79 Å². The number of carboxylic acids is 1. The summed E-state index contributed by atoms with van der Waals surface area (Å²) in [6.07, 6.45) is 1.42. The summed E-state index contributed by atoms with van der Waals surface area (Å²) in [5.74, 6) is -0.751. The van der Waals surface area contributed by atoms with Gasteiger partial charge in [-0.1, -0.05) is 6.07 Å². The summed E-state index contributed by atoms with van der Waals surface area (Å²) >= 11 is 3.28. The molecule has 0 spiro atoms. The van der Waals surface area contributed by atoms with Crippen LogP contribution in [0.15, 0.2) is 22.7 Å². The van der Waals surface area contributed by atoms with Gasteiger partial charge in [-0.05, 0) is 46.5 Å². The van der Waals surface area contributed by atoms with Gasteiger partial charge in [0.05, 0.1) is 5.41 Å². The van der Waals surface area contributed by atoms with Crippen LogP contribution in [0.1, 0.15) is 18.4 Å². The van der Waals surface area contributed by atoms with E-state index in [0.29, 0.717) is 18.5 Å². The molecule has 14 heavy (non-hydrogen) atoms. The maximum Gasteiger partial charge on any atom is 0.314 e. The highest BCUT2D eigenvalue weighted by Gasteiger charge is 2.51. The van der Waals surface area contributed by atoms with E-state index in [1.54, 1.807) is 12.1 Å². The van der Waals surface area contributed by atoms with Crippen LogP contribution in [0.25, 0.3) is 0 Å². The zero-order valence-corrected chi connectivity index (χ0v) is 9.04. The minimum Gasteiger partial charge on any atom is -0.481 e. The average Bonchev–Trinajstić information content (AvgIpc) is 2.90. The van der Waals surface area contributed by atoms with Crippen LogP contribution in [-0.4, -0.2) is 11.1 Å². The number of rotatable bonds is 2. The van der Waals surface area contributed by atoms with Gasteiger partial charge in [-0.2, -0.15) is 0 Å². The molecular formula is C10H10BrNO2. The third-order valence-corrected chi connectivity index (χ3v) is 3.43. The molecule has 0 aliphatic heterocycles. The molecule has 3 nitrogen and oxygen atoms in total. The van der Waals surface area contributed by atoms with Gasteiger partial charge in [0.2, 0.25) is 0 Å². The largest absolute Gasteiger partial charge is 0.481 e. The molecule has 3 N–H and O–H groups in total. The first-order valence-electron chi connectivity index (χ1n) is 4.35. The predicted molar refractivity (Wildman–Crippen MR) is 57.1 cm³/mol. The molecule has 1 aliphatic rings. The van der Waals surface area contributed by atoms with E-state index in [1.807, 2.05) is 6.07 Å². The molecule has 2 rings (SSSR count). The smallest absolute Gasteiger partial charge is 0.314 e. The van der Waals surface area contributed by atoms with E-state index < -0.39 is 11.4 Å². The Labute approximate surface area is 90.0 Å². The molecule has 0 aromatic heterocycles. The van der Waals surface area contributed by atoms with Crippen LogP contribution >= 0.6 is 15.9 Å². The first-order valence-corrected chi connectivity index (χ1v) is 5.14. The molecule has 0 atom stereocenters. The Bertz CT molecular complexity index is 399. The maximum absolute atomic E-state index is 11.0. The van der Waals surface area contributed by atoms with Crippen LogP contribution in [0.2, 0.25) is 0 Å². The average molecular weight is 256 g/mol. The standard InChI is InChI=1S/C10H10BrNO2/c11-7-2-1-6(5-8(7)12)10(3-4-10)9(13)14/h1-2,5H,3-4,12H2,(H,13,14). The molecular weight excluding hydrogens is 246 g/mol. The zero-order valence-electron chi connectivity index (χ0n) is 7.46. The molecule has 0 heterocycles. The molecule has 0 bridgehead atoms. The SMILES string of the molecule is Nc1cc(C2(C(=O)O)CC2)ccc1Br. The molecule has 1 aromatic rings. The van der Waals surface area contributed by atoms with E-state index in [0.717, 1.165) is 10.0 Å². The fourth-order valence-electron chi connectivity index (χ4n) is 1.59. The Balaban J connectivity index is 2.43. The van der Waals surface area contributed by atoms with Crippen molar-refractivity contribution < 1.29 is 9.90 Å². The van der Waals surface area contributed by atoms with Gasteiger partial charge in [0.15, 0.2) is 0 Å². The number of carboxylic acid groups (broad SMARTS) is 1. The Morgan fingerprint density at radius 1 is 1.50 bits per heavy atom. The highest BCUT2D eigenvalue weighted by Crippen LogP contribution is 2.49. The number of benzene rings is 1. The number of aliphatic carboxylic acids is 1. The van der Waals surface area contributed by atoms with Crippen molar-refractivity contribution in [3.8, 4) is 0 Å². The molecule has 0 radical (unpaired) electrons. The summed E-state index contributed by atoms with van der Waals surface area (Å²) in [7, 11) is 0. The van der Waals surface area contributed by atoms with E-state index in [2.05, 4.69) is 15.9 Å². The number of nitrogens with two attached hydrogens (primary N) is 1. The van der Waals surface area contributed by atoms with E-state index in [1.165, 1.54) is 0 Å². The Morgan fingerprint density at radius 2 is 2.14 bits per heavy atom. The summed E-state index contributed by atoms with van der Waals surface area (Å²) in [6.45, 7) is 0.